The number of carbonyl (C=O) groups is 4. The molecule has 1 saturated heterocycles. The summed E-state index contributed by atoms with van der Waals surface area (Å²) in [6.07, 6.45) is 0.121. The molecule has 2 aliphatic heterocycles. The number of piperidine rings is 1. The van der Waals surface area contributed by atoms with Crippen LogP contribution >= 0.6 is 0 Å². The Morgan fingerprint density at radius 2 is 1.86 bits per heavy atom. The minimum Gasteiger partial charge on any atom is -0.398 e. The number of anilines is 1. The quantitative estimate of drug-likeness (QED) is 0.554. The van der Waals surface area contributed by atoms with Gasteiger partial charge in [0.05, 0.1) is 11.1 Å². The van der Waals surface area contributed by atoms with Crippen LogP contribution < -0.4 is 11.1 Å². The van der Waals surface area contributed by atoms with Gasteiger partial charge >= 0.3 is 0 Å². The molecular formula is C14H13N3O4. The van der Waals surface area contributed by atoms with E-state index >= 15 is 0 Å². The molecule has 1 aromatic rings. The number of nitrogen functional groups attached to an aromatic ring is 1. The Hall–Kier alpha value is -2.70. The van der Waals surface area contributed by atoms with Crippen LogP contribution in [0.5, 0.6) is 0 Å². The minimum absolute atomic E-state index is 0.121. The maximum absolute atomic E-state index is 12.4. The summed E-state index contributed by atoms with van der Waals surface area (Å²) >= 11 is 0. The van der Waals surface area contributed by atoms with Crippen LogP contribution in [0, 0.1) is 5.92 Å². The van der Waals surface area contributed by atoms with Gasteiger partial charge in [-0.1, -0.05) is 13.0 Å². The van der Waals surface area contributed by atoms with Gasteiger partial charge in [0.1, 0.15) is 6.04 Å². The van der Waals surface area contributed by atoms with Crippen LogP contribution in [0.4, 0.5) is 5.69 Å². The Labute approximate surface area is 120 Å². The molecule has 0 radical (unpaired) electrons. The largest absolute Gasteiger partial charge is 0.398 e. The van der Waals surface area contributed by atoms with E-state index in [2.05, 4.69) is 5.32 Å². The van der Waals surface area contributed by atoms with Crippen molar-refractivity contribution in [2.75, 3.05) is 5.73 Å². The Morgan fingerprint density at radius 1 is 1.14 bits per heavy atom. The molecule has 108 valence electrons. The third-order valence-electron chi connectivity index (χ3n) is 3.86. The van der Waals surface area contributed by atoms with Gasteiger partial charge in [-0.2, -0.15) is 0 Å². The highest BCUT2D eigenvalue weighted by molar-refractivity contribution is 6.25. The molecule has 3 N–H and O–H groups in total. The molecule has 3 rings (SSSR count). The fraction of sp³-hybridized carbons (Fsp3) is 0.286. The fourth-order valence-corrected chi connectivity index (χ4v) is 2.71. The third kappa shape index (κ3) is 1.81. The summed E-state index contributed by atoms with van der Waals surface area (Å²) in [6.45, 7) is 1.64. The van der Waals surface area contributed by atoms with Gasteiger partial charge in [-0.3, -0.25) is 29.4 Å². The summed E-state index contributed by atoms with van der Waals surface area (Å²) in [4.78, 5) is 49.1. The Kier molecular flexibility index (Phi) is 2.79. The number of imide groups is 2. The standard InChI is InChI=1S/C14H13N3O4/c1-6-5-9(12(19)16-11(6)18)17-13(20)7-3-2-4-8(15)10(7)14(17)21/h2-4,6,9H,5,15H2,1H3,(H,16,18,19). The second-order valence-corrected chi connectivity index (χ2v) is 5.26. The Bertz CT molecular complexity index is 697. The normalized spacial score (nSPS) is 25.1. The van der Waals surface area contributed by atoms with Crippen molar-refractivity contribution >= 4 is 29.3 Å². The van der Waals surface area contributed by atoms with Gasteiger partial charge in [0, 0.05) is 11.6 Å². The molecule has 0 aliphatic carbocycles. The zero-order valence-corrected chi connectivity index (χ0v) is 11.3. The van der Waals surface area contributed by atoms with Crippen LogP contribution in [0.3, 0.4) is 0 Å². The average molecular weight is 287 g/mol. The Balaban J connectivity index is 2.00. The molecule has 1 aromatic carbocycles. The predicted octanol–water partition coefficient (Wildman–Crippen LogP) is -0.0840. The lowest BCUT2D eigenvalue weighted by Crippen LogP contribution is -2.56. The monoisotopic (exact) mass is 287 g/mol. The minimum atomic E-state index is -0.982. The number of nitrogens with one attached hydrogen (secondary N) is 1. The van der Waals surface area contributed by atoms with E-state index in [0.717, 1.165) is 4.90 Å². The second kappa shape index (κ2) is 4.41. The lowest BCUT2D eigenvalue weighted by molar-refractivity contribution is -0.139. The Morgan fingerprint density at radius 3 is 2.52 bits per heavy atom. The van der Waals surface area contributed by atoms with Crippen LogP contribution in [-0.4, -0.2) is 34.6 Å². The van der Waals surface area contributed by atoms with E-state index in [-0.39, 0.29) is 23.2 Å². The summed E-state index contributed by atoms with van der Waals surface area (Å²) in [5.74, 6) is -2.62. The van der Waals surface area contributed by atoms with Crippen molar-refractivity contribution in [3.63, 3.8) is 0 Å². The van der Waals surface area contributed by atoms with Gasteiger partial charge in [-0.15, -0.1) is 0 Å². The molecule has 2 aliphatic rings. The highest BCUT2D eigenvalue weighted by Gasteiger charge is 2.46. The van der Waals surface area contributed by atoms with Crippen molar-refractivity contribution in [1.29, 1.82) is 0 Å². The van der Waals surface area contributed by atoms with Crippen molar-refractivity contribution in [3.05, 3.63) is 29.3 Å². The van der Waals surface area contributed by atoms with E-state index in [4.69, 9.17) is 5.73 Å². The predicted molar refractivity (Wildman–Crippen MR) is 72.1 cm³/mol. The van der Waals surface area contributed by atoms with Crippen LogP contribution in [0.2, 0.25) is 0 Å². The average Bonchev–Trinajstić information content (AvgIpc) is 2.68. The van der Waals surface area contributed by atoms with E-state index in [1.807, 2.05) is 0 Å². The molecule has 4 amide bonds. The summed E-state index contributed by atoms with van der Waals surface area (Å²) in [6, 6.07) is 3.63. The van der Waals surface area contributed by atoms with Gasteiger partial charge in [0.25, 0.3) is 11.8 Å². The van der Waals surface area contributed by atoms with Crippen LogP contribution in [0.25, 0.3) is 0 Å². The molecule has 0 spiro atoms. The SMILES string of the molecule is CC1CC(N2C(=O)c3cccc(N)c3C2=O)C(=O)NC1=O. The molecule has 7 nitrogen and oxygen atoms in total. The number of fused-ring (bicyclic) bond motifs is 1. The van der Waals surface area contributed by atoms with E-state index < -0.39 is 35.6 Å². The van der Waals surface area contributed by atoms with Crippen molar-refractivity contribution in [2.24, 2.45) is 5.92 Å². The number of nitrogens with two attached hydrogens (primary N) is 1. The molecule has 0 aromatic heterocycles. The zero-order chi connectivity index (χ0) is 15.3. The maximum atomic E-state index is 12.4. The molecular weight excluding hydrogens is 274 g/mol. The second-order valence-electron chi connectivity index (χ2n) is 5.26. The number of hydrogen-bond acceptors (Lipinski definition) is 5. The van der Waals surface area contributed by atoms with Crippen LogP contribution in [-0.2, 0) is 9.59 Å². The van der Waals surface area contributed by atoms with Crippen LogP contribution in [0.1, 0.15) is 34.1 Å². The maximum Gasteiger partial charge on any atom is 0.264 e. The number of rotatable bonds is 1. The number of carbonyl (C=O) groups excluding carboxylic acids is 4. The fourth-order valence-electron chi connectivity index (χ4n) is 2.71. The summed E-state index contributed by atoms with van der Waals surface area (Å²) in [7, 11) is 0. The van der Waals surface area contributed by atoms with Crippen molar-refractivity contribution in [1.82, 2.24) is 10.2 Å². The van der Waals surface area contributed by atoms with Gasteiger partial charge in [-0.05, 0) is 18.6 Å². The van der Waals surface area contributed by atoms with Crippen molar-refractivity contribution in [2.45, 2.75) is 19.4 Å². The van der Waals surface area contributed by atoms with E-state index in [0.29, 0.717) is 0 Å². The zero-order valence-electron chi connectivity index (χ0n) is 11.3. The number of benzene rings is 1. The van der Waals surface area contributed by atoms with Gasteiger partial charge < -0.3 is 5.73 Å². The summed E-state index contributed by atoms with van der Waals surface area (Å²) in [5, 5.41) is 2.18. The number of amides is 4. The molecule has 0 saturated carbocycles. The van der Waals surface area contributed by atoms with Crippen molar-refractivity contribution in [3.8, 4) is 0 Å². The van der Waals surface area contributed by atoms with Crippen LogP contribution in [0.15, 0.2) is 18.2 Å². The first-order valence-electron chi connectivity index (χ1n) is 6.53. The first-order valence-corrected chi connectivity index (χ1v) is 6.53. The highest BCUT2D eigenvalue weighted by atomic mass is 16.2. The molecule has 2 unspecified atom stereocenters. The smallest absolute Gasteiger partial charge is 0.264 e. The number of hydrogen-bond donors (Lipinski definition) is 2. The lowest BCUT2D eigenvalue weighted by Gasteiger charge is -2.30. The summed E-state index contributed by atoms with van der Waals surface area (Å²) < 4.78 is 0. The third-order valence-corrected chi connectivity index (χ3v) is 3.86. The topological polar surface area (TPSA) is 110 Å². The highest BCUT2D eigenvalue weighted by Crippen LogP contribution is 2.31. The van der Waals surface area contributed by atoms with E-state index in [1.54, 1.807) is 13.0 Å². The molecule has 2 atom stereocenters. The lowest BCUT2D eigenvalue weighted by atomic mass is 9.95. The summed E-state index contributed by atoms with van der Waals surface area (Å²) in [5.41, 5.74) is 6.27. The first-order chi connectivity index (χ1) is 9.91. The van der Waals surface area contributed by atoms with E-state index in [9.17, 15) is 19.2 Å². The molecule has 2 heterocycles. The molecule has 21 heavy (non-hydrogen) atoms. The van der Waals surface area contributed by atoms with Gasteiger partial charge in [-0.25, -0.2) is 0 Å². The number of nitrogens with zero attached hydrogens (tertiary/aromatic N) is 1. The molecule has 1 fully saturated rings. The van der Waals surface area contributed by atoms with Crippen molar-refractivity contribution < 1.29 is 19.2 Å². The first kappa shape index (κ1) is 13.3. The van der Waals surface area contributed by atoms with Gasteiger partial charge in [0.2, 0.25) is 11.8 Å². The molecule has 7 heteroatoms. The molecule has 0 bridgehead atoms. The van der Waals surface area contributed by atoms with Gasteiger partial charge in [0.15, 0.2) is 0 Å². The van der Waals surface area contributed by atoms with E-state index in [1.165, 1.54) is 12.1 Å².